The first-order valence-corrected chi connectivity index (χ1v) is 7.06. The van der Waals surface area contributed by atoms with Crippen LogP contribution >= 0.6 is 0 Å². The molecule has 0 amide bonds. The van der Waals surface area contributed by atoms with Crippen LogP contribution in [0.15, 0.2) is 71.1 Å². The van der Waals surface area contributed by atoms with Gasteiger partial charge in [-0.05, 0) is 17.7 Å². The van der Waals surface area contributed by atoms with Gasteiger partial charge < -0.3 is 9.73 Å². The molecule has 4 aromatic rings. The minimum absolute atomic E-state index is 0.917. The van der Waals surface area contributed by atoms with Gasteiger partial charge in [0, 0.05) is 23.4 Å². The van der Waals surface area contributed by atoms with Crippen LogP contribution in [0, 0.1) is 0 Å². The molecule has 21 heavy (non-hydrogen) atoms. The van der Waals surface area contributed by atoms with Gasteiger partial charge in [0.25, 0.3) is 0 Å². The van der Waals surface area contributed by atoms with Gasteiger partial charge >= 0.3 is 0 Å². The average Bonchev–Trinajstić information content (AvgIpc) is 2.93. The maximum absolute atomic E-state index is 6.07. The van der Waals surface area contributed by atoms with Crippen LogP contribution < -0.4 is 5.32 Å². The maximum Gasteiger partial charge on any atom is 0.159 e. The third-order valence-corrected chi connectivity index (χ3v) is 3.88. The number of anilines is 1. The lowest BCUT2D eigenvalue weighted by molar-refractivity contribution is 0.670. The normalized spacial score (nSPS) is 11.1. The molecule has 0 spiro atoms. The van der Waals surface area contributed by atoms with Crippen molar-refractivity contribution in [2.45, 2.75) is 0 Å². The highest BCUT2D eigenvalue weighted by Crippen LogP contribution is 2.39. The van der Waals surface area contributed by atoms with E-state index in [9.17, 15) is 0 Å². The molecule has 0 radical (unpaired) electrons. The van der Waals surface area contributed by atoms with Crippen LogP contribution in [-0.4, -0.2) is 7.05 Å². The second-order valence-electron chi connectivity index (χ2n) is 5.08. The van der Waals surface area contributed by atoms with Crippen LogP contribution in [0.2, 0.25) is 0 Å². The molecule has 0 aliphatic heterocycles. The zero-order valence-electron chi connectivity index (χ0n) is 11.8. The van der Waals surface area contributed by atoms with Crippen molar-refractivity contribution in [3.05, 3.63) is 66.7 Å². The van der Waals surface area contributed by atoms with Crippen LogP contribution in [0.25, 0.3) is 33.1 Å². The lowest BCUT2D eigenvalue weighted by Gasteiger charge is -2.09. The van der Waals surface area contributed by atoms with Crippen LogP contribution in [0.5, 0.6) is 0 Å². The predicted octanol–water partition coefficient (Wildman–Crippen LogP) is 5.29. The van der Waals surface area contributed by atoms with E-state index in [-0.39, 0.29) is 0 Å². The Morgan fingerprint density at radius 2 is 1.52 bits per heavy atom. The standard InChI is InChI=1S/C19H15NO/c1-20-18-14(13-7-3-2-4-8-13)11-12-16-15-9-5-6-10-17(15)21-19(16)18/h2-12,20H,1H3. The molecule has 4 rings (SSSR count). The summed E-state index contributed by atoms with van der Waals surface area (Å²) in [4.78, 5) is 0. The highest BCUT2D eigenvalue weighted by atomic mass is 16.3. The highest BCUT2D eigenvalue weighted by molar-refractivity contribution is 6.11. The topological polar surface area (TPSA) is 25.2 Å². The molecule has 1 aromatic heterocycles. The van der Waals surface area contributed by atoms with Crippen LogP contribution in [0.4, 0.5) is 5.69 Å². The smallest absolute Gasteiger partial charge is 0.159 e. The molecule has 1 N–H and O–H groups in total. The lowest BCUT2D eigenvalue weighted by atomic mass is 10.0. The highest BCUT2D eigenvalue weighted by Gasteiger charge is 2.14. The van der Waals surface area contributed by atoms with Crippen molar-refractivity contribution in [3.63, 3.8) is 0 Å². The Kier molecular flexibility index (Phi) is 2.68. The molecule has 0 fully saturated rings. The first-order chi connectivity index (χ1) is 10.4. The van der Waals surface area contributed by atoms with Crippen molar-refractivity contribution in [2.75, 3.05) is 12.4 Å². The summed E-state index contributed by atoms with van der Waals surface area (Å²) in [5, 5.41) is 5.61. The molecule has 0 aliphatic carbocycles. The summed E-state index contributed by atoms with van der Waals surface area (Å²) in [7, 11) is 1.94. The van der Waals surface area contributed by atoms with E-state index in [4.69, 9.17) is 4.42 Å². The Hall–Kier alpha value is -2.74. The maximum atomic E-state index is 6.07. The molecule has 0 bridgehead atoms. The summed E-state index contributed by atoms with van der Waals surface area (Å²) in [6, 6.07) is 22.8. The molecule has 0 saturated heterocycles. The van der Waals surface area contributed by atoms with Gasteiger partial charge in [-0.2, -0.15) is 0 Å². The molecule has 102 valence electrons. The van der Waals surface area contributed by atoms with E-state index in [0.29, 0.717) is 0 Å². The van der Waals surface area contributed by atoms with Gasteiger partial charge in [-0.15, -0.1) is 0 Å². The fraction of sp³-hybridized carbons (Fsp3) is 0.0526. The van der Waals surface area contributed by atoms with Crippen molar-refractivity contribution in [2.24, 2.45) is 0 Å². The molecule has 3 aromatic carbocycles. The number of benzene rings is 3. The van der Waals surface area contributed by atoms with Crippen molar-refractivity contribution in [1.29, 1.82) is 0 Å². The van der Waals surface area contributed by atoms with E-state index in [1.165, 1.54) is 5.56 Å². The van der Waals surface area contributed by atoms with Crippen molar-refractivity contribution in [1.82, 2.24) is 0 Å². The summed E-state index contributed by atoms with van der Waals surface area (Å²) < 4.78 is 6.07. The largest absolute Gasteiger partial charge is 0.454 e. The van der Waals surface area contributed by atoms with Crippen LogP contribution in [0.3, 0.4) is 0 Å². The average molecular weight is 273 g/mol. The number of fused-ring (bicyclic) bond motifs is 3. The minimum Gasteiger partial charge on any atom is -0.454 e. The Labute approximate surface area is 123 Å². The van der Waals surface area contributed by atoms with E-state index < -0.39 is 0 Å². The molecule has 0 atom stereocenters. The fourth-order valence-corrected chi connectivity index (χ4v) is 2.90. The van der Waals surface area contributed by atoms with Crippen LogP contribution in [0.1, 0.15) is 0 Å². The number of rotatable bonds is 2. The molecular weight excluding hydrogens is 258 g/mol. The summed E-state index contributed by atoms with van der Waals surface area (Å²) >= 11 is 0. The Balaban J connectivity index is 2.08. The third-order valence-electron chi connectivity index (χ3n) is 3.88. The summed E-state index contributed by atoms with van der Waals surface area (Å²) in [5.74, 6) is 0. The van der Waals surface area contributed by atoms with Gasteiger partial charge in [0.1, 0.15) is 5.58 Å². The van der Waals surface area contributed by atoms with Gasteiger partial charge in [-0.1, -0.05) is 54.6 Å². The molecule has 2 heteroatoms. The summed E-state index contributed by atoms with van der Waals surface area (Å²) in [6.07, 6.45) is 0. The molecular formula is C19H15NO. The zero-order valence-corrected chi connectivity index (χ0v) is 11.8. The van der Waals surface area contributed by atoms with Crippen LogP contribution in [-0.2, 0) is 0 Å². The second kappa shape index (κ2) is 4.67. The summed E-state index contributed by atoms with van der Waals surface area (Å²) in [5.41, 5.74) is 5.22. The van der Waals surface area contributed by atoms with E-state index in [1.54, 1.807) is 0 Å². The number of nitrogens with one attached hydrogen (secondary N) is 1. The minimum atomic E-state index is 0.917. The molecule has 0 unspecified atom stereocenters. The number of furan rings is 1. The second-order valence-corrected chi connectivity index (χ2v) is 5.08. The Morgan fingerprint density at radius 3 is 2.33 bits per heavy atom. The van der Waals surface area contributed by atoms with E-state index in [2.05, 4.69) is 47.8 Å². The third kappa shape index (κ3) is 1.80. The van der Waals surface area contributed by atoms with Gasteiger partial charge in [-0.3, -0.25) is 0 Å². The molecule has 0 aliphatic rings. The molecule has 0 saturated carbocycles. The van der Waals surface area contributed by atoms with E-state index in [1.807, 2.05) is 31.3 Å². The molecule has 1 heterocycles. The predicted molar refractivity (Wildman–Crippen MR) is 88.7 cm³/mol. The zero-order chi connectivity index (χ0) is 14.2. The monoisotopic (exact) mass is 273 g/mol. The van der Waals surface area contributed by atoms with Crippen molar-refractivity contribution >= 4 is 27.6 Å². The van der Waals surface area contributed by atoms with Crippen molar-refractivity contribution in [3.8, 4) is 11.1 Å². The Morgan fingerprint density at radius 1 is 0.762 bits per heavy atom. The van der Waals surface area contributed by atoms with E-state index in [0.717, 1.165) is 33.2 Å². The first kappa shape index (κ1) is 12.0. The SMILES string of the molecule is CNc1c(-c2ccccc2)ccc2c1oc1ccccc12. The first-order valence-electron chi connectivity index (χ1n) is 7.06. The van der Waals surface area contributed by atoms with Gasteiger partial charge in [-0.25, -0.2) is 0 Å². The number of hydrogen-bond acceptors (Lipinski definition) is 2. The number of hydrogen-bond donors (Lipinski definition) is 1. The molecule has 2 nitrogen and oxygen atoms in total. The van der Waals surface area contributed by atoms with Gasteiger partial charge in [0.2, 0.25) is 0 Å². The summed E-state index contributed by atoms with van der Waals surface area (Å²) in [6.45, 7) is 0. The van der Waals surface area contributed by atoms with E-state index >= 15 is 0 Å². The van der Waals surface area contributed by atoms with Gasteiger partial charge in [0.05, 0.1) is 5.69 Å². The fourth-order valence-electron chi connectivity index (χ4n) is 2.90. The van der Waals surface area contributed by atoms with Crippen molar-refractivity contribution < 1.29 is 4.42 Å². The number of para-hydroxylation sites is 1. The quantitative estimate of drug-likeness (QED) is 0.536. The lowest BCUT2D eigenvalue weighted by Crippen LogP contribution is -1.92. The Bertz CT molecular complexity index is 922. The van der Waals surface area contributed by atoms with Gasteiger partial charge in [0.15, 0.2) is 5.58 Å².